The molecule has 0 radical (unpaired) electrons. The van der Waals surface area contributed by atoms with Gasteiger partial charge in [-0.2, -0.15) is 0 Å². The molecule has 0 unspecified atom stereocenters. The summed E-state index contributed by atoms with van der Waals surface area (Å²) in [6.07, 6.45) is 3.82. The van der Waals surface area contributed by atoms with Crippen LogP contribution in [-0.4, -0.2) is 28.7 Å². The standard InChI is InChI=1S/C18H20N4/c1-12-6-7-16(10-13(12)2)21-9-8-17-14(3)22(15(4)19-5)11-20-18(17)21/h6-11H,3H2,1-2,4-5H3/b19-15-. The first kappa shape index (κ1) is 14.3. The number of aryl methyl sites for hydroxylation is 2. The van der Waals surface area contributed by atoms with Crippen LogP contribution in [0, 0.1) is 13.8 Å². The Morgan fingerprint density at radius 3 is 2.64 bits per heavy atom. The highest BCUT2D eigenvalue weighted by atomic mass is 15.2. The van der Waals surface area contributed by atoms with Crippen molar-refractivity contribution in [2.75, 3.05) is 7.05 Å². The third kappa shape index (κ3) is 2.17. The van der Waals surface area contributed by atoms with Crippen LogP contribution in [0.3, 0.4) is 0 Å². The summed E-state index contributed by atoms with van der Waals surface area (Å²) in [6, 6.07) is 8.49. The van der Waals surface area contributed by atoms with E-state index in [1.807, 2.05) is 18.0 Å². The molecule has 112 valence electrons. The van der Waals surface area contributed by atoms with E-state index in [9.17, 15) is 0 Å². The van der Waals surface area contributed by atoms with Crippen molar-refractivity contribution in [3.8, 4) is 5.69 Å². The Bertz CT molecular complexity index is 808. The minimum atomic E-state index is 0.873. The molecule has 4 nitrogen and oxygen atoms in total. The maximum Gasteiger partial charge on any atom is 0.148 e. The molecule has 0 saturated heterocycles. The van der Waals surface area contributed by atoms with Gasteiger partial charge in [0, 0.05) is 24.5 Å². The summed E-state index contributed by atoms with van der Waals surface area (Å²) >= 11 is 0. The Kier molecular flexibility index (Phi) is 3.45. The van der Waals surface area contributed by atoms with Gasteiger partial charge in [-0.05, 0) is 50.1 Å². The number of aromatic nitrogens is 1. The second-order valence-corrected chi connectivity index (χ2v) is 5.52. The van der Waals surface area contributed by atoms with Crippen LogP contribution in [0.25, 0.3) is 11.4 Å². The number of rotatable bonds is 1. The maximum atomic E-state index is 4.60. The Hall–Kier alpha value is -2.62. The zero-order valence-electron chi connectivity index (χ0n) is 13.5. The second kappa shape index (κ2) is 5.30. The van der Waals surface area contributed by atoms with E-state index in [1.54, 1.807) is 13.4 Å². The highest BCUT2D eigenvalue weighted by Crippen LogP contribution is 2.34. The molecule has 0 spiro atoms. The van der Waals surface area contributed by atoms with E-state index < -0.39 is 0 Å². The van der Waals surface area contributed by atoms with E-state index >= 15 is 0 Å². The first-order chi connectivity index (χ1) is 10.5. The second-order valence-electron chi connectivity index (χ2n) is 5.52. The SMILES string of the molecule is C=C1c2ccn(-c3ccc(C)c(C)c3)c2N=CN1/C(C)=N\C. The highest BCUT2D eigenvalue weighted by molar-refractivity contribution is 6.03. The van der Waals surface area contributed by atoms with Gasteiger partial charge in [0.2, 0.25) is 0 Å². The molecule has 2 aromatic rings. The maximum absolute atomic E-state index is 4.60. The first-order valence-electron chi connectivity index (χ1n) is 7.28. The van der Waals surface area contributed by atoms with Crippen LogP contribution in [0.2, 0.25) is 0 Å². The molecule has 1 aliphatic heterocycles. The summed E-state index contributed by atoms with van der Waals surface area (Å²) in [6.45, 7) is 10.4. The highest BCUT2D eigenvalue weighted by Gasteiger charge is 2.21. The van der Waals surface area contributed by atoms with Crippen LogP contribution < -0.4 is 0 Å². The summed E-state index contributed by atoms with van der Waals surface area (Å²) in [7, 11) is 1.77. The zero-order chi connectivity index (χ0) is 15.9. The van der Waals surface area contributed by atoms with Gasteiger partial charge in [-0.15, -0.1) is 0 Å². The number of fused-ring (bicyclic) bond motifs is 1. The molecule has 1 aromatic carbocycles. The number of hydrogen-bond acceptors (Lipinski definition) is 2. The van der Waals surface area contributed by atoms with Crippen molar-refractivity contribution in [2.24, 2.45) is 9.98 Å². The van der Waals surface area contributed by atoms with Crippen LogP contribution in [0.15, 0.2) is 47.0 Å². The fraction of sp³-hybridized carbons (Fsp3) is 0.222. The normalized spacial score (nSPS) is 14.5. The number of nitrogens with zero attached hydrogens (tertiary/aromatic N) is 4. The molecule has 0 atom stereocenters. The average Bonchev–Trinajstić information content (AvgIpc) is 2.94. The Balaban J connectivity index is 2.07. The van der Waals surface area contributed by atoms with Crippen LogP contribution in [0.1, 0.15) is 23.6 Å². The quantitative estimate of drug-likeness (QED) is 0.575. The molecule has 0 saturated carbocycles. The van der Waals surface area contributed by atoms with E-state index in [0.29, 0.717) is 0 Å². The Labute approximate surface area is 131 Å². The van der Waals surface area contributed by atoms with Gasteiger partial charge in [0.15, 0.2) is 0 Å². The molecule has 4 heteroatoms. The lowest BCUT2D eigenvalue weighted by Gasteiger charge is -2.25. The number of hydrogen-bond donors (Lipinski definition) is 0. The molecule has 0 bridgehead atoms. The predicted molar refractivity (Wildman–Crippen MR) is 93.3 cm³/mol. The topological polar surface area (TPSA) is 32.9 Å². The van der Waals surface area contributed by atoms with Gasteiger partial charge in [-0.25, -0.2) is 4.99 Å². The van der Waals surface area contributed by atoms with E-state index in [0.717, 1.165) is 28.6 Å². The minimum absolute atomic E-state index is 0.873. The molecule has 0 aliphatic carbocycles. The first-order valence-corrected chi connectivity index (χ1v) is 7.28. The molecule has 22 heavy (non-hydrogen) atoms. The molecule has 2 heterocycles. The van der Waals surface area contributed by atoms with E-state index in [-0.39, 0.29) is 0 Å². The van der Waals surface area contributed by atoms with Gasteiger partial charge < -0.3 is 4.57 Å². The number of aliphatic imine (C=N–C) groups is 2. The van der Waals surface area contributed by atoms with E-state index in [2.05, 4.69) is 59.2 Å². The van der Waals surface area contributed by atoms with Gasteiger partial charge in [0.25, 0.3) is 0 Å². The van der Waals surface area contributed by atoms with Crippen LogP contribution in [0.5, 0.6) is 0 Å². The van der Waals surface area contributed by atoms with Crippen molar-refractivity contribution in [1.29, 1.82) is 0 Å². The molecular weight excluding hydrogens is 272 g/mol. The number of benzene rings is 1. The molecule has 0 fully saturated rings. The molecule has 0 N–H and O–H groups in total. The fourth-order valence-electron chi connectivity index (χ4n) is 2.56. The third-order valence-corrected chi connectivity index (χ3v) is 4.20. The van der Waals surface area contributed by atoms with Crippen molar-refractivity contribution < 1.29 is 0 Å². The minimum Gasteiger partial charge on any atom is -0.301 e. The summed E-state index contributed by atoms with van der Waals surface area (Å²) in [5, 5.41) is 0. The van der Waals surface area contributed by atoms with E-state index in [4.69, 9.17) is 0 Å². The number of amidine groups is 1. The van der Waals surface area contributed by atoms with Gasteiger partial charge in [0.1, 0.15) is 18.0 Å². The molecule has 3 rings (SSSR count). The largest absolute Gasteiger partial charge is 0.301 e. The Morgan fingerprint density at radius 2 is 1.95 bits per heavy atom. The van der Waals surface area contributed by atoms with Gasteiger partial charge >= 0.3 is 0 Å². The Morgan fingerprint density at radius 1 is 1.18 bits per heavy atom. The van der Waals surface area contributed by atoms with Crippen LogP contribution >= 0.6 is 0 Å². The lowest BCUT2D eigenvalue weighted by atomic mass is 10.1. The summed E-state index contributed by atoms with van der Waals surface area (Å²) in [4.78, 5) is 10.7. The van der Waals surface area contributed by atoms with Crippen molar-refractivity contribution in [3.63, 3.8) is 0 Å². The van der Waals surface area contributed by atoms with Crippen LogP contribution in [0.4, 0.5) is 5.82 Å². The lowest BCUT2D eigenvalue weighted by molar-refractivity contribution is 0.859. The van der Waals surface area contributed by atoms with Gasteiger partial charge in [-0.1, -0.05) is 12.6 Å². The van der Waals surface area contributed by atoms with Crippen molar-refractivity contribution in [3.05, 3.63) is 53.7 Å². The summed E-state index contributed by atoms with van der Waals surface area (Å²) in [5.74, 6) is 1.78. The van der Waals surface area contributed by atoms with E-state index in [1.165, 1.54) is 11.1 Å². The molecular formula is C18H20N4. The molecule has 0 amide bonds. The fourth-order valence-corrected chi connectivity index (χ4v) is 2.56. The monoisotopic (exact) mass is 292 g/mol. The summed E-state index contributed by atoms with van der Waals surface area (Å²) < 4.78 is 2.10. The average molecular weight is 292 g/mol. The van der Waals surface area contributed by atoms with Crippen LogP contribution in [-0.2, 0) is 0 Å². The van der Waals surface area contributed by atoms with Crippen molar-refractivity contribution in [1.82, 2.24) is 9.47 Å². The molecule has 1 aromatic heterocycles. The lowest BCUT2D eigenvalue weighted by Crippen LogP contribution is -2.27. The van der Waals surface area contributed by atoms with Crippen molar-refractivity contribution >= 4 is 23.7 Å². The van der Waals surface area contributed by atoms with Gasteiger partial charge in [-0.3, -0.25) is 9.89 Å². The zero-order valence-corrected chi connectivity index (χ0v) is 13.5. The predicted octanol–water partition coefficient (Wildman–Crippen LogP) is 4.09. The van der Waals surface area contributed by atoms with Gasteiger partial charge in [0.05, 0.1) is 5.70 Å². The van der Waals surface area contributed by atoms with Crippen molar-refractivity contribution in [2.45, 2.75) is 20.8 Å². The summed E-state index contributed by atoms with van der Waals surface area (Å²) in [5.41, 5.74) is 5.61. The molecule has 1 aliphatic rings. The smallest absolute Gasteiger partial charge is 0.148 e. The third-order valence-electron chi connectivity index (χ3n) is 4.20.